The number of hydrogen-bond acceptors (Lipinski definition) is 2. The summed E-state index contributed by atoms with van der Waals surface area (Å²) < 4.78 is 5.39. The first-order valence-electron chi connectivity index (χ1n) is 5.36. The monoisotopic (exact) mass is 182 g/mol. The molecule has 0 aromatic heterocycles. The molecule has 1 heterocycles. The second-order valence-corrected chi connectivity index (χ2v) is 4.79. The Bertz CT molecular complexity index is 212. The zero-order valence-corrected chi connectivity index (χ0v) is 8.45. The van der Waals surface area contributed by atoms with Gasteiger partial charge in [0.15, 0.2) is 0 Å². The van der Waals surface area contributed by atoms with Gasteiger partial charge in [-0.1, -0.05) is 20.3 Å². The number of rotatable bonds is 0. The predicted octanol–water partition coefficient (Wildman–Crippen LogP) is 2.37. The van der Waals surface area contributed by atoms with Crippen LogP contribution in [-0.2, 0) is 9.53 Å². The molecule has 13 heavy (non-hydrogen) atoms. The van der Waals surface area contributed by atoms with E-state index in [4.69, 9.17) is 4.74 Å². The molecule has 0 bridgehead atoms. The third-order valence-electron chi connectivity index (χ3n) is 3.61. The van der Waals surface area contributed by atoms with Crippen molar-refractivity contribution in [1.29, 1.82) is 0 Å². The highest BCUT2D eigenvalue weighted by atomic mass is 16.5. The van der Waals surface area contributed by atoms with Crippen LogP contribution in [0, 0.1) is 17.8 Å². The first-order valence-corrected chi connectivity index (χ1v) is 5.36. The molecule has 2 aliphatic rings. The van der Waals surface area contributed by atoms with Crippen molar-refractivity contribution in [3.05, 3.63) is 0 Å². The Labute approximate surface area is 79.7 Å². The number of carbonyl (C=O) groups is 1. The number of hydrogen-bond donors (Lipinski definition) is 0. The van der Waals surface area contributed by atoms with E-state index in [1.165, 1.54) is 12.8 Å². The van der Waals surface area contributed by atoms with Gasteiger partial charge in [-0.25, -0.2) is 0 Å². The Morgan fingerprint density at radius 1 is 1.31 bits per heavy atom. The fraction of sp³-hybridized carbons (Fsp3) is 0.909. The Hall–Kier alpha value is -0.530. The molecule has 1 aliphatic heterocycles. The van der Waals surface area contributed by atoms with Gasteiger partial charge in [-0.05, 0) is 30.6 Å². The van der Waals surface area contributed by atoms with Crippen molar-refractivity contribution < 1.29 is 9.53 Å². The van der Waals surface area contributed by atoms with E-state index in [1.807, 2.05) is 0 Å². The maximum Gasteiger partial charge on any atom is 0.306 e. The predicted molar refractivity (Wildman–Crippen MR) is 50.2 cm³/mol. The maximum absolute atomic E-state index is 11.2. The van der Waals surface area contributed by atoms with Crippen molar-refractivity contribution in [3.63, 3.8) is 0 Å². The average molecular weight is 182 g/mol. The van der Waals surface area contributed by atoms with Gasteiger partial charge in [-0.3, -0.25) is 4.79 Å². The van der Waals surface area contributed by atoms with Gasteiger partial charge in [0.1, 0.15) is 6.10 Å². The van der Waals surface area contributed by atoms with Gasteiger partial charge in [0, 0.05) is 6.42 Å². The van der Waals surface area contributed by atoms with Gasteiger partial charge < -0.3 is 4.74 Å². The minimum absolute atomic E-state index is 0.0165. The summed E-state index contributed by atoms with van der Waals surface area (Å²) in [7, 11) is 0. The van der Waals surface area contributed by atoms with Gasteiger partial charge in [-0.2, -0.15) is 0 Å². The molecular formula is C11H18O2. The molecular weight excluding hydrogens is 164 g/mol. The molecule has 0 radical (unpaired) electrons. The lowest BCUT2D eigenvalue weighted by Gasteiger charge is -2.41. The zero-order chi connectivity index (χ0) is 9.42. The van der Waals surface area contributed by atoms with E-state index < -0.39 is 0 Å². The molecule has 2 nitrogen and oxygen atoms in total. The van der Waals surface area contributed by atoms with E-state index in [0.29, 0.717) is 18.3 Å². The lowest BCUT2D eigenvalue weighted by atomic mass is 9.72. The molecule has 4 atom stereocenters. The normalized spacial score (nSPS) is 45.2. The van der Waals surface area contributed by atoms with Crippen LogP contribution in [0.2, 0.25) is 0 Å². The van der Waals surface area contributed by atoms with Crippen molar-refractivity contribution in [2.75, 3.05) is 0 Å². The first kappa shape index (κ1) is 9.04. The SMILES string of the molecule is C[C@@H]1CC[C@H]2[C@@H](C)CC(=O)O[C@@H]2C1. The van der Waals surface area contributed by atoms with Crippen molar-refractivity contribution in [3.8, 4) is 0 Å². The molecule has 2 rings (SSSR count). The third-order valence-corrected chi connectivity index (χ3v) is 3.61. The van der Waals surface area contributed by atoms with Gasteiger partial charge in [0.25, 0.3) is 0 Å². The van der Waals surface area contributed by atoms with Crippen molar-refractivity contribution in [2.24, 2.45) is 17.8 Å². The topological polar surface area (TPSA) is 26.3 Å². The number of ether oxygens (including phenoxy) is 1. The highest BCUT2D eigenvalue weighted by Crippen LogP contribution is 2.39. The zero-order valence-electron chi connectivity index (χ0n) is 8.45. The van der Waals surface area contributed by atoms with Crippen LogP contribution < -0.4 is 0 Å². The number of fused-ring (bicyclic) bond motifs is 1. The second kappa shape index (κ2) is 3.32. The Balaban J connectivity index is 2.06. The van der Waals surface area contributed by atoms with Crippen LogP contribution in [0.1, 0.15) is 39.5 Å². The van der Waals surface area contributed by atoms with Crippen molar-refractivity contribution in [2.45, 2.75) is 45.6 Å². The number of esters is 1. The highest BCUT2D eigenvalue weighted by molar-refractivity contribution is 5.70. The lowest BCUT2D eigenvalue weighted by Crippen LogP contribution is -2.41. The standard InChI is InChI=1S/C11H18O2/c1-7-3-4-9-8(2)6-11(12)13-10(9)5-7/h7-10H,3-6H2,1-2H3/t7-,8+,9+,10-/m1/s1. The summed E-state index contributed by atoms with van der Waals surface area (Å²) in [6, 6.07) is 0. The molecule has 2 fully saturated rings. The summed E-state index contributed by atoms with van der Waals surface area (Å²) in [5.41, 5.74) is 0. The van der Waals surface area contributed by atoms with Gasteiger partial charge in [-0.15, -0.1) is 0 Å². The summed E-state index contributed by atoms with van der Waals surface area (Å²) in [4.78, 5) is 11.2. The van der Waals surface area contributed by atoms with Crippen LogP contribution >= 0.6 is 0 Å². The minimum atomic E-state index is 0.0165. The molecule has 0 aromatic carbocycles. The third kappa shape index (κ3) is 1.72. The first-order chi connectivity index (χ1) is 6.16. The fourth-order valence-electron chi connectivity index (χ4n) is 2.77. The molecule has 2 heteroatoms. The van der Waals surface area contributed by atoms with Gasteiger partial charge in [0.05, 0.1) is 0 Å². The molecule has 0 amide bonds. The molecule has 0 unspecified atom stereocenters. The summed E-state index contributed by atoms with van der Waals surface area (Å²) in [5.74, 6) is 1.94. The summed E-state index contributed by atoms with van der Waals surface area (Å²) >= 11 is 0. The smallest absolute Gasteiger partial charge is 0.306 e. The Kier molecular flexibility index (Phi) is 2.31. The molecule has 74 valence electrons. The van der Waals surface area contributed by atoms with E-state index in [1.54, 1.807) is 0 Å². The van der Waals surface area contributed by atoms with Crippen LogP contribution in [0.15, 0.2) is 0 Å². The van der Waals surface area contributed by atoms with Crippen LogP contribution in [0.4, 0.5) is 0 Å². The molecule has 0 N–H and O–H groups in total. The number of carbonyl (C=O) groups excluding carboxylic acids is 1. The largest absolute Gasteiger partial charge is 0.462 e. The molecule has 1 saturated heterocycles. The Morgan fingerprint density at radius 2 is 2.08 bits per heavy atom. The summed E-state index contributed by atoms with van der Waals surface area (Å²) in [5, 5.41) is 0. The van der Waals surface area contributed by atoms with Crippen LogP contribution in [0.3, 0.4) is 0 Å². The van der Waals surface area contributed by atoms with E-state index in [2.05, 4.69) is 13.8 Å². The second-order valence-electron chi connectivity index (χ2n) is 4.79. The van der Waals surface area contributed by atoms with E-state index in [9.17, 15) is 4.79 Å². The van der Waals surface area contributed by atoms with E-state index >= 15 is 0 Å². The highest BCUT2D eigenvalue weighted by Gasteiger charge is 2.39. The molecule has 1 aliphatic carbocycles. The summed E-state index contributed by atoms with van der Waals surface area (Å²) in [6.07, 6.45) is 4.51. The average Bonchev–Trinajstić information content (AvgIpc) is 2.02. The van der Waals surface area contributed by atoms with Crippen molar-refractivity contribution in [1.82, 2.24) is 0 Å². The van der Waals surface area contributed by atoms with Crippen molar-refractivity contribution >= 4 is 5.97 Å². The van der Waals surface area contributed by atoms with Gasteiger partial charge >= 0.3 is 5.97 Å². The maximum atomic E-state index is 11.2. The van der Waals surface area contributed by atoms with Crippen LogP contribution in [-0.4, -0.2) is 12.1 Å². The molecule has 0 aromatic rings. The minimum Gasteiger partial charge on any atom is -0.462 e. The van der Waals surface area contributed by atoms with Crippen LogP contribution in [0.25, 0.3) is 0 Å². The fourth-order valence-corrected chi connectivity index (χ4v) is 2.77. The summed E-state index contributed by atoms with van der Waals surface area (Å²) in [6.45, 7) is 4.44. The molecule has 0 spiro atoms. The van der Waals surface area contributed by atoms with E-state index in [0.717, 1.165) is 12.3 Å². The Morgan fingerprint density at radius 3 is 2.85 bits per heavy atom. The van der Waals surface area contributed by atoms with Gasteiger partial charge in [0.2, 0.25) is 0 Å². The lowest BCUT2D eigenvalue weighted by molar-refractivity contribution is -0.166. The van der Waals surface area contributed by atoms with E-state index in [-0.39, 0.29) is 12.1 Å². The molecule has 1 saturated carbocycles. The quantitative estimate of drug-likeness (QED) is 0.538. The van der Waals surface area contributed by atoms with Crippen LogP contribution in [0.5, 0.6) is 0 Å².